The van der Waals surface area contributed by atoms with Crippen LogP contribution in [-0.2, 0) is 9.47 Å². The van der Waals surface area contributed by atoms with E-state index in [9.17, 15) is 0 Å². The van der Waals surface area contributed by atoms with Gasteiger partial charge in [-0.05, 0) is 0 Å². The second-order valence-corrected chi connectivity index (χ2v) is 2.86. The lowest BCUT2D eigenvalue weighted by Gasteiger charge is -1.99. The lowest BCUT2D eigenvalue weighted by atomic mass is 10.7. The first-order valence-electron chi connectivity index (χ1n) is 2.89. The third kappa shape index (κ3) is 3.43. The maximum absolute atomic E-state index is 5.25. The SMILES string of the molecule is C=COCCOC1CS1. The molecule has 0 saturated carbocycles. The van der Waals surface area contributed by atoms with E-state index in [0.29, 0.717) is 18.6 Å². The summed E-state index contributed by atoms with van der Waals surface area (Å²) in [6.45, 7) is 4.72. The summed E-state index contributed by atoms with van der Waals surface area (Å²) >= 11 is 1.82. The minimum Gasteiger partial charge on any atom is -0.499 e. The lowest BCUT2D eigenvalue weighted by Crippen LogP contribution is -2.02. The van der Waals surface area contributed by atoms with E-state index in [-0.39, 0.29) is 0 Å². The van der Waals surface area contributed by atoms with E-state index in [4.69, 9.17) is 9.47 Å². The fourth-order valence-electron chi connectivity index (χ4n) is 0.447. The monoisotopic (exact) mass is 146 g/mol. The van der Waals surface area contributed by atoms with Crippen molar-refractivity contribution in [3.63, 3.8) is 0 Å². The van der Waals surface area contributed by atoms with Crippen LogP contribution in [0.5, 0.6) is 0 Å². The normalized spacial score (nSPS) is 23.3. The number of hydrogen-bond acceptors (Lipinski definition) is 3. The molecule has 0 aromatic heterocycles. The van der Waals surface area contributed by atoms with Crippen LogP contribution in [0.2, 0.25) is 0 Å². The standard InChI is InChI=1S/C6H10O2S/c1-2-7-3-4-8-6-5-9-6/h2,6H,1,3-5H2. The minimum atomic E-state index is 0.457. The van der Waals surface area contributed by atoms with E-state index in [0.717, 1.165) is 5.75 Å². The van der Waals surface area contributed by atoms with Gasteiger partial charge in [0.25, 0.3) is 0 Å². The average molecular weight is 146 g/mol. The highest BCUT2D eigenvalue weighted by molar-refractivity contribution is 8.06. The zero-order valence-corrected chi connectivity index (χ0v) is 6.02. The van der Waals surface area contributed by atoms with Crippen LogP contribution in [0.3, 0.4) is 0 Å². The Kier molecular flexibility index (Phi) is 2.94. The van der Waals surface area contributed by atoms with Gasteiger partial charge in [0.1, 0.15) is 12.0 Å². The molecule has 0 aromatic carbocycles. The van der Waals surface area contributed by atoms with Gasteiger partial charge in [0.15, 0.2) is 0 Å². The molecule has 0 amide bonds. The molecule has 0 aliphatic carbocycles. The molecule has 9 heavy (non-hydrogen) atoms. The van der Waals surface area contributed by atoms with Crippen LogP contribution >= 0.6 is 11.8 Å². The second-order valence-electron chi connectivity index (χ2n) is 1.67. The average Bonchev–Trinajstić information content (AvgIpc) is 2.63. The highest BCUT2D eigenvalue weighted by Gasteiger charge is 2.22. The Morgan fingerprint density at radius 2 is 2.44 bits per heavy atom. The smallest absolute Gasteiger partial charge is 0.112 e. The van der Waals surface area contributed by atoms with Crippen molar-refractivity contribution in [2.45, 2.75) is 5.44 Å². The quantitative estimate of drug-likeness (QED) is 0.330. The third-order valence-electron chi connectivity index (χ3n) is 0.926. The Balaban J connectivity index is 1.75. The van der Waals surface area contributed by atoms with Gasteiger partial charge < -0.3 is 9.47 Å². The lowest BCUT2D eigenvalue weighted by molar-refractivity contribution is 0.0901. The van der Waals surface area contributed by atoms with Gasteiger partial charge in [-0.3, -0.25) is 0 Å². The summed E-state index contributed by atoms with van der Waals surface area (Å²) in [6.07, 6.45) is 1.43. The summed E-state index contributed by atoms with van der Waals surface area (Å²) < 4.78 is 10.1. The van der Waals surface area contributed by atoms with Crippen LogP contribution in [0.25, 0.3) is 0 Å². The zero-order valence-electron chi connectivity index (χ0n) is 5.21. The van der Waals surface area contributed by atoms with Crippen molar-refractivity contribution < 1.29 is 9.47 Å². The van der Waals surface area contributed by atoms with Gasteiger partial charge >= 0.3 is 0 Å². The molecule has 1 atom stereocenters. The van der Waals surface area contributed by atoms with Crippen LogP contribution in [-0.4, -0.2) is 24.4 Å². The number of hydrogen-bond donors (Lipinski definition) is 0. The molecule has 0 bridgehead atoms. The summed E-state index contributed by atoms with van der Waals surface area (Å²) in [5.74, 6) is 1.15. The fraction of sp³-hybridized carbons (Fsp3) is 0.667. The van der Waals surface area contributed by atoms with Gasteiger partial charge in [0, 0.05) is 5.75 Å². The molecule has 52 valence electrons. The Labute approximate surface area is 59.2 Å². The molecule has 0 radical (unpaired) electrons. The minimum absolute atomic E-state index is 0.457. The first-order chi connectivity index (χ1) is 4.43. The first kappa shape index (κ1) is 6.96. The van der Waals surface area contributed by atoms with E-state index in [1.807, 2.05) is 11.8 Å². The van der Waals surface area contributed by atoms with Crippen molar-refractivity contribution in [3.05, 3.63) is 12.8 Å². The molecule has 2 nitrogen and oxygen atoms in total. The van der Waals surface area contributed by atoms with Gasteiger partial charge in [-0.25, -0.2) is 0 Å². The summed E-state index contributed by atoms with van der Waals surface area (Å²) in [5, 5.41) is 0. The summed E-state index contributed by atoms with van der Waals surface area (Å²) in [4.78, 5) is 0. The Morgan fingerprint density at radius 3 is 3.00 bits per heavy atom. The van der Waals surface area contributed by atoms with Crippen molar-refractivity contribution in [2.24, 2.45) is 0 Å². The Hall–Kier alpha value is -0.150. The second kappa shape index (κ2) is 3.80. The summed E-state index contributed by atoms with van der Waals surface area (Å²) in [5.41, 5.74) is 0.457. The third-order valence-corrected chi connectivity index (χ3v) is 1.67. The van der Waals surface area contributed by atoms with E-state index < -0.39 is 0 Å². The Morgan fingerprint density at radius 1 is 1.67 bits per heavy atom. The molecular weight excluding hydrogens is 136 g/mol. The molecule has 1 heterocycles. The van der Waals surface area contributed by atoms with Gasteiger partial charge in [-0.15, -0.1) is 11.8 Å². The van der Waals surface area contributed by atoms with Crippen molar-refractivity contribution in [3.8, 4) is 0 Å². The predicted molar refractivity (Wildman–Crippen MR) is 38.3 cm³/mol. The largest absolute Gasteiger partial charge is 0.499 e. The first-order valence-corrected chi connectivity index (χ1v) is 3.94. The maximum atomic E-state index is 5.25. The maximum Gasteiger partial charge on any atom is 0.112 e. The van der Waals surface area contributed by atoms with Gasteiger partial charge in [0.2, 0.25) is 0 Å². The summed E-state index contributed by atoms with van der Waals surface area (Å²) in [7, 11) is 0. The molecule has 1 fully saturated rings. The van der Waals surface area contributed by atoms with Crippen LogP contribution in [0.4, 0.5) is 0 Å². The predicted octanol–water partition coefficient (Wildman–Crippen LogP) is 1.24. The molecular formula is C6H10O2S. The van der Waals surface area contributed by atoms with Crippen LogP contribution in [0, 0.1) is 0 Å². The van der Waals surface area contributed by atoms with Gasteiger partial charge in [-0.1, -0.05) is 6.58 Å². The molecule has 1 unspecified atom stereocenters. The van der Waals surface area contributed by atoms with E-state index in [1.54, 1.807) is 0 Å². The molecule has 1 aliphatic heterocycles. The van der Waals surface area contributed by atoms with E-state index in [2.05, 4.69) is 6.58 Å². The number of thioether (sulfide) groups is 1. The number of rotatable bonds is 5. The molecule has 1 saturated heterocycles. The van der Waals surface area contributed by atoms with Crippen molar-refractivity contribution >= 4 is 11.8 Å². The Bertz CT molecular complexity index is 91.1. The molecule has 0 aromatic rings. The van der Waals surface area contributed by atoms with Crippen molar-refractivity contribution in [1.82, 2.24) is 0 Å². The van der Waals surface area contributed by atoms with Gasteiger partial charge in [0.05, 0.1) is 12.9 Å². The highest BCUT2D eigenvalue weighted by atomic mass is 32.2. The van der Waals surface area contributed by atoms with E-state index >= 15 is 0 Å². The van der Waals surface area contributed by atoms with Crippen molar-refractivity contribution in [2.75, 3.05) is 19.0 Å². The molecule has 0 N–H and O–H groups in total. The van der Waals surface area contributed by atoms with Crippen LogP contribution in [0.1, 0.15) is 0 Å². The molecule has 0 spiro atoms. The molecule has 1 aliphatic rings. The summed E-state index contributed by atoms with van der Waals surface area (Å²) in [6, 6.07) is 0. The van der Waals surface area contributed by atoms with E-state index in [1.165, 1.54) is 6.26 Å². The van der Waals surface area contributed by atoms with Crippen LogP contribution < -0.4 is 0 Å². The topological polar surface area (TPSA) is 18.5 Å². The molecule has 3 heteroatoms. The zero-order chi connectivity index (χ0) is 6.53. The fourth-order valence-corrected chi connectivity index (χ4v) is 0.814. The van der Waals surface area contributed by atoms with Crippen molar-refractivity contribution in [1.29, 1.82) is 0 Å². The van der Waals surface area contributed by atoms with Crippen LogP contribution in [0.15, 0.2) is 12.8 Å². The molecule has 1 rings (SSSR count). The van der Waals surface area contributed by atoms with Gasteiger partial charge in [-0.2, -0.15) is 0 Å². The highest BCUT2D eigenvalue weighted by Crippen LogP contribution is 2.30. The number of ether oxygens (including phenoxy) is 2.